The predicted octanol–water partition coefficient (Wildman–Crippen LogP) is 0.509. The molecular weight excluding hydrogens is 253 g/mol. The highest BCUT2D eigenvalue weighted by atomic mass is 19.1. The fraction of sp³-hybridized carbons (Fsp3) is 0.333. The summed E-state index contributed by atoms with van der Waals surface area (Å²) in [6.07, 6.45) is 0. The third-order valence-electron chi connectivity index (χ3n) is 2.20. The molecule has 0 spiro atoms. The molecule has 1 aromatic carbocycles. The minimum Gasteiger partial charge on any atom is -0.481 e. The molecule has 0 aromatic heterocycles. The SMILES string of the molecule is CCNCc1ccc(OCC(=O)NC(N)=O)c(F)c1. The molecule has 3 amide bonds. The van der Waals surface area contributed by atoms with E-state index in [4.69, 9.17) is 10.5 Å². The van der Waals surface area contributed by atoms with Crippen molar-refractivity contribution in [2.24, 2.45) is 5.73 Å². The Kier molecular flexibility index (Phi) is 5.74. The van der Waals surface area contributed by atoms with Crippen molar-refractivity contribution in [3.05, 3.63) is 29.6 Å². The van der Waals surface area contributed by atoms with E-state index < -0.39 is 24.4 Å². The van der Waals surface area contributed by atoms with Gasteiger partial charge in [-0.1, -0.05) is 13.0 Å². The summed E-state index contributed by atoms with van der Waals surface area (Å²) in [5.41, 5.74) is 5.52. The summed E-state index contributed by atoms with van der Waals surface area (Å²) in [7, 11) is 0. The molecule has 0 radical (unpaired) electrons. The van der Waals surface area contributed by atoms with Gasteiger partial charge in [0.15, 0.2) is 18.2 Å². The van der Waals surface area contributed by atoms with E-state index in [1.807, 2.05) is 12.2 Å². The smallest absolute Gasteiger partial charge is 0.318 e. The van der Waals surface area contributed by atoms with Crippen LogP contribution in [0.5, 0.6) is 5.75 Å². The topological polar surface area (TPSA) is 93.4 Å². The van der Waals surface area contributed by atoms with Crippen molar-refractivity contribution in [3.8, 4) is 5.75 Å². The lowest BCUT2D eigenvalue weighted by molar-refractivity contribution is -0.121. The highest BCUT2D eigenvalue weighted by Crippen LogP contribution is 2.18. The van der Waals surface area contributed by atoms with Crippen molar-refractivity contribution < 1.29 is 18.7 Å². The molecule has 0 saturated heterocycles. The Bertz CT molecular complexity index is 466. The van der Waals surface area contributed by atoms with Gasteiger partial charge in [0, 0.05) is 6.54 Å². The van der Waals surface area contributed by atoms with E-state index >= 15 is 0 Å². The predicted molar refractivity (Wildman–Crippen MR) is 67.0 cm³/mol. The summed E-state index contributed by atoms with van der Waals surface area (Å²) in [4.78, 5) is 21.5. The van der Waals surface area contributed by atoms with Crippen LogP contribution in [-0.4, -0.2) is 25.1 Å². The number of carbonyl (C=O) groups is 2. The first-order valence-corrected chi connectivity index (χ1v) is 5.74. The lowest BCUT2D eigenvalue weighted by Crippen LogP contribution is -2.38. The minimum absolute atomic E-state index is 0.0557. The fourth-order valence-corrected chi connectivity index (χ4v) is 1.36. The van der Waals surface area contributed by atoms with E-state index in [9.17, 15) is 14.0 Å². The number of nitrogens with two attached hydrogens (primary N) is 1. The van der Waals surface area contributed by atoms with E-state index in [0.29, 0.717) is 6.54 Å². The number of nitrogens with one attached hydrogen (secondary N) is 2. The molecule has 19 heavy (non-hydrogen) atoms. The van der Waals surface area contributed by atoms with Crippen LogP contribution in [0.1, 0.15) is 12.5 Å². The first-order valence-electron chi connectivity index (χ1n) is 5.74. The molecular formula is C12H16FN3O3. The Hall–Kier alpha value is -2.15. The van der Waals surface area contributed by atoms with Gasteiger partial charge in [0.25, 0.3) is 5.91 Å². The molecule has 6 nitrogen and oxygen atoms in total. The van der Waals surface area contributed by atoms with Crippen molar-refractivity contribution >= 4 is 11.9 Å². The Labute approximate surface area is 110 Å². The molecule has 0 atom stereocenters. The van der Waals surface area contributed by atoms with E-state index in [2.05, 4.69) is 5.32 Å². The second kappa shape index (κ2) is 7.32. The van der Waals surface area contributed by atoms with Crippen LogP contribution in [0.3, 0.4) is 0 Å². The molecule has 1 aromatic rings. The number of amides is 3. The normalized spacial score (nSPS) is 10.0. The molecule has 0 bridgehead atoms. The molecule has 0 saturated carbocycles. The van der Waals surface area contributed by atoms with Crippen molar-refractivity contribution in [2.45, 2.75) is 13.5 Å². The lowest BCUT2D eigenvalue weighted by Gasteiger charge is -2.08. The summed E-state index contributed by atoms with van der Waals surface area (Å²) < 4.78 is 18.6. The number of urea groups is 1. The monoisotopic (exact) mass is 269 g/mol. The van der Waals surface area contributed by atoms with Crippen molar-refractivity contribution in [1.29, 1.82) is 0 Å². The van der Waals surface area contributed by atoms with Gasteiger partial charge in [-0.3, -0.25) is 10.1 Å². The van der Waals surface area contributed by atoms with Crippen molar-refractivity contribution in [1.82, 2.24) is 10.6 Å². The summed E-state index contributed by atoms with van der Waals surface area (Å²) in [6.45, 7) is 2.81. The summed E-state index contributed by atoms with van der Waals surface area (Å²) in [5.74, 6) is -1.36. The van der Waals surface area contributed by atoms with Crippen LogP contribution in [0.25, 0.3) is 0 Å². The van der Waals surface area contributed by atoms with Crippen LogP contribution in [0.15, 0.2) is 18.2 Å². The van der Waals surface area contributed by atoms with Gasteiger partial charge >= 0.3 is 6.03 Å². The van der Waals surface area contributed by atoms with Crippen molar-refractivity contribution in [3.63, 3.8) is 0 Å². The Morgan fingerprint density at radius 1 is 1.42 bits per heavy atom. The summed E-state index contributed by atoms with van der Waals surface area (Å²) in [6, 6.07) is 3.46. The molecule has 0 aliphatic carbocycles. The van der Waals surface area contributed by atoms with Crippen LogP contribution in [0.2, 0.25) is 0 Å². The van der Waals surface area contributed by atoms with Crippen LogP contribution < -0.4 is 21.1 Å². The largest absolute Gasteiger partial charge is 0.481 e. The fourth-order valence-electron chi connectivity index (χ4n) is 1.36. The number of carbonyl (C=O) groups excluding carboxylic acids is 2. The number of rotatable bonds is 6. The zero-order chi connectivity index (χ0) is 14.3. The number of hydrogen-bond donors (Lipinski definition) is 3. The van der Waals surface area contributed by atoms with Gasteiger partial charge in [-0.25, -0.2) is 9.18 Å². The van der Waals surface area contributed by atoms with Crippen molar-refractivity contribution in [2.75, 3.05) is 13.2 Å². The first-order chi connectivity index (χ1) is 9.02. The average molecular weight is 269 g/mol. The van der Waals surface area contributed by atoms with Gasteiger partial charge in [-0.05, 0) is 24.2 Å². The van der Waals surface area contributed by atoms with E-state index in [0.717, 1.165) is 12.1 Å². The van der Waals surface area contributed by atoms with Crippen LogP contribution in [-0.2, 0) is 11.3 Å². The molecule has 0 unspecified atom stereocenters. The number of primary amides is 1. The zero-order valence-electron chi connectivity index (χ0n) is 10.5. The maximum Gasteiger partial charge on any atom is 0.318 e. The number of ether oxygens (including phenoxy) is 1. The molecule has 4 N–H and O–H groups in total. The van der Waals surface area contributed by atoms with Gasteiger partial charge < -0.3 is 15.8 Å². The minimum atomic E-state index is -0.977. The van der Waals surface area contributed by atoms with Gasteiger partial charge in [-0.2, -0.15) is 0 Å². The third kappa shape index (κ3) is 5.35. The lowest BCUT2D eigenvalue weighted by atomic mass is 10.2. The standard InChI is InChI=1S/C12H16FN3O3/c1-2-15-6-8-3-4-10(9(13)5-8)19-7-11(17)16-12(14)18/h3-5,15H,2,6-7H2,1H3,(H3,14,16,17,18). The zero-order valence-corrected chi connectivity index (χ0v) is 10.5. The second-order valence-corrected chi connectivity index (χ2v) is 3.75. The van der Waals surface area contributed by atoms with E-state index in [-0.39, 0.29) is 5.75 Å². The van der Waals surface area contributed by atoms with Gasteiger partial charge in [0.05, 0.1) is 0 Å². The van der Waals surface area contributed by atoms with Gasteiger partial charge in [0.2, 0.25) is 0 Å². The maximum atomic E-state index is 13.6. The van der Waals surface area contributed by atoms with Crippen LogP contribution >= 0.6 is 0 Å². The molecule has 0 aliphatic heterocycles. The molecule has 0 heterocycles. The summed E-state index contributed by atoms with van der Waals surface area (Å²) >= 11 is 0. The van der Waals surface area contributed by atoms with E-state index in [1.54, 1.807) is 6.07 Å². The molecule has 0 aliphatic rings. The molecule has 0 fully saturated rings. The van der Waals surface area contributed by atoms with E-state index in [1.165, 1.54) is 12.1 Å². The molecule has 104 valence electrons. The highest BCUT2D eigenvalue weighted by Gasteiger charge is 2.09. The Morgan fingerprint density at radius 2 is 2.16 bits per heavy atom. The maximum absolute atomic E-state index is 13.6. The van der Waals surface area contributed by atoms with Gasteiger partial charge in [-0.15, -0.1) is 0 Å². The number of hydrogen-bond acceptors (Lipinski definition) is 4. The number of halogens is 1. The average Bonchev–Trinajstić information content (AvgIpc) is 2.34. The third-order valence-corrected chi connectivity index (χ3v) is 2.20. The van der Waals surface area contributed by atoms with Crippen LogP contribution in [0.4, 0.5) is 9.18 Å². The molecule has 7 heteroatoms. The first kappa shape index (κ1) is 14.9. The molecule has 1 rings (SSSR count). The van der Waals surface area contributed by atoms with Gasteiger partial charge in [0.1, 0.15) is 0 Å². The highest BCUT2D eigenvalue weighted by molar-refractivity contribution is 5.94. The van der Waals surface area contributed by atoms with Crippen LogP contribution in [0, 0.1) is 5.82 Å². The Morgan fingerprint density at radius 3 is 2.74 bits per heavy atom. The Balaban J connectivity index is 2.55. The number of imide groups is 1. The second-order valence-electron chi connectivity index (χ2n) is 3.75. The number of benzene rings is 1. The summed E-state index contributed by atoms with van der Waals surface area (Å²) in [5, 5.41) is 4.87. The quantitative estimate of drug-likeness (QED) is 0.701.